The first-order chi connectivity index (χ1) is 6.36. The summed E-state index contributed by atoms with van der Waals surface area (Å²) in [6.45, 7) is 2.16. The van der Waals surface area contributed by atoms with Crippen molar-refractivity contribution in [3.8, 4) is 0 Å². The van der Waals surface area contributed by atoms with Crippen molar-refractivity contribution in [1.82, 2.24) is 15.3 Å². The highest BCUT2D eigenvalue weighted by molar-refractivity contribution is 5.20. The molecular weight excluding hydrogens is 164 g/mol. The molecule has 3 N–H and O–H groups in total. The van der Waals surface area contributed by atoms with E-state index in [1.165, 1.54) is 0 Å². The molecule has 2 rings (SSSR count). The molecule has 13 heavy (non-hydrogen) atoms. The highest BCUT2D eigenvalue weighted by Gasteiger charge is 2.16. The maximum atomic E-state index is 5.53. The lowest BCUT2D eigenvalue weighted by molar-refractivity contribution is 0.453. The van der Waals surface area contributed by atoms with Gasteiger partial charge in [0.1, 0.15) is 0 Å². The lowest BCUT2D eigenvalue weighted by Crippen LogP contribution is -2.27. The molecule has 70 valence electrons. The van der Waals surface area contributed by atoms with Crippen molar-refractivity contribution in [1.29, 1.82) is 0 Å². The van der Waals surface area contributed by atoms with E-state index in [4.69, 9.17) is 5.73 Å². The molecule has 0 radical (unpaired) electrons. The van der Waals surface area contributed by atoms with Crippen LogP contribution in [0.1, 0.15) is 24.5 Å². The Morgan fingerprint density at radius 2 is 2.15 bits per heavy atom. The van der Waals surface area contributed by atoms with Crippen LogP contribution in [0.4, 0.5) is 5.95 Å². The predicted octanol–water partition coefficient (Wildman–Crippen LogP) is 0.526. The molecule has 0 unspecified atom stereocenters. The summed E-state index contributed by atoms with van der Waals surface area (Å²) >= 11 is 0. The fraction of sp³-hybridized carbons (Fsp3) is 0.556. The van der Waals surface area contributed by atoms with Gasteiger partial charge in [0.15, 0.2) is 0 Å². The number of hydrogen-bond donors (Lipinski definition) is 2. The topological polar surface area (TPSA) is 63.8 Å². The monoisotopic (exact) mass is 178 g/mol. The number of nitrogens with zero attached hydrogens (tertiary/aromatic N) is 2. The van der Waals surface area contributed by atoms with Crippen LogP contribution >= 0.6 is 0 Å². The first kappa shape index (κ1) is 8.44. The van der Waals surface area contributed by atoms with Crippen molar-refractivity contribution in [3.63, 3.8) is 0 Å². The summed E-state index contributed by atoms with van der Waals surface area (Å²) in [5, 5.41) is 3.32. The third-order valence-corrected chi connectivity index (χ3v) is 2.45. The lowest BCUT2D eigenvalue weighted by Gasteiger charge is -2.21. The van der Waals surface area contributed by atoms with E-state index in [0.29, 0.717) is 11.9 Å². The van der Waals surface area contributed by atoms with Gasteiger partial charge < -0.3 is 11.1 Å². The van der Waals surface area contributed by atoms with Gasteiger partial charge in [-0.3, -0.25) is 0 Å². The van der Waals surface area contributed by atoms with E-state index in [1.54, 1.807) is 6.20 Å². The predicted molar refractivity (Wildman–Crippen MR) is 51.3 cm³/mol. The van der Waals surface area contributed by atoms with Gasteiger partial charge in [-0.2, -0.15) is 0 Å². The summed E-state index contributed by atoms with van der Waals surface area (Å²) in [5.41, 5.74) is 6.62. The first-order valence-electron chi connectivity index (χ1n) is 4.65. The van der Waals surface area contributed by atoms with E-state index in [2.05, 4.69) is 15.3 Å². The maximum absolute atomic E-state index is 5.53. The Balaban J connectivity index is 2.14. The number of piperidine rings is 1. The Morgan fingerprint density at radius 3 is 2.85 bits per heavy atom. The minimum absolute atomic E-state index is 0.385. The molecule has 0 bridgehead atoms. The molecule has 0 atom stereocenters. The quantitative estimate of drug-likeness (QED) is 0.658. The molecule has 1 aromatic heterocycles. The third kappa shape index (κ3) is 1.95. The van der Waals surface area contributed by atoms with Crippen LogP contribution in [-0.4, -0.2) is 23.1 Å². The smallest absolute Gasteiger partial charge is 0.220 e. The number of nitrogens with one attached hydrogen (secondary N) is 1. The van der Waals surface area contributed by atoms with Gasteiger partial charge in [0.2, 0.25) is 5.95 Å². The van der Waals surface area contributed by atoms with Crippen molar-refractivity contribution in [2.24, 2.45) is 0 Å². The molecule has 1 aliphatic rings. The van der Waals surface area contributed by atoms with E-state index in [-0.39, 0.29) is 0 Å². The maximum Gasteiger partial charge on any atom is 0.220 e. The van der Waals surface area contributed by atoms with Gasteiger partial charge in [-0.15, -0.1) is 0 Å². The van der Waals surface area contributed by atoms with E-state index in [1.807, 2.05) is 6.07 Å². The van der Waals surface area contributed by atoms with Crippen LogP contribution in [0.2, 0.25) is 0 Å². The number of hydrogen-bond acceptors (Lipinski definition) is 4. The van der Waals surface area contributed by atoms with Gasteiger partial charge in [-0.1, -0.05) is 0 Å². The molecule has 2 heterocycles. The second kappa shape index (κ2) is 3.70. The van der Waals surface area contributed by atoms with Crippen LogP contribution in [-0.2, 0) is 0 Å². The summed E-state index contributed by atoms with van der Waals surface area (Å²) in [4.78, 5) is 8.12. The number of nitrogens with two attached hydrogens (primary N) is 1. The molecule has 0 aliphatic carbocycles. The number of nitrogen functional groups attached to an aromatic ring is 1. The van der Waals surface area contributed by atoms with Gasteiger partial charge in [-0.25, -0.2) is 9.97 Å². The van der Waals surface area contributed by atoms with E-state index in [9.17, 15) is 0 Å². The summed E-state index contributed by atoms with van der Waals surface area (Å²) in [6, 6.07) is 1.96. The zero-order valence-corrected chi connectivity index (χ0v) is 7.53. The van der Waals surface area contributed by atoms with Gasteiger partial charge in [-0.05, 0) is 32.0 Å². The van der Waals surface area contributed by atoms with Crippen molar-refractivity contribution >= 4 is 5.95 Å². The average Bonchev–Trinajstić information content (AvgIpc) is 2.19. The molecule has 1 aliphatic heterocycles. The lowest BCUT2D eigenvalue weighted by atomic mass is 9.94. The fourth-order valence-corrected chi connectivity index (χ4v) is 1.73. The van der Waals surface area contributed by atoms with Crippen LogP contribution in [0.25, 0.3) is 0 Å². The molecule has 1 aromatic rings. The zero-order chi connectivity index (χ0) is 9.10. The Bertz CT molecular complexity index is 281. The minimum Gasteiger partial charge on any atom is -0.368 e. The molecule has 0 spiro atoms. The summed E-state index contributed by atoms with van der Waals surface area (Å²) in [7, 11) is 0. The Labute approximate surface area is 77.6 Å². The van der Waals surface area contributed by atoms with Crippen LogP contribution in [0.5, 0.6) is 0 Å². The Kier molecular flexibility index (Phi) is 2.40. The highest BCUT2D eigenvalue weighted by Crippen LogP contribution is 2.22. The number of rotatable bonds is 1. The zero-order valence-electron chi connectivity index (χ0n) is 7.53. The van der Waals surface area contributed by atoms with Gasteiger partial charge >= 0.3 is 0 Å². The molecule has 0 aromatic carbocycles. The van der Waals surface area contributed by atoms with E-state index < -0.39 is 0 Å². The van der Waals surface area contributed by atoms with Crippen molar-refractivity contribution in [3.05, 3.63) is 18.0 Å². The molecule has 4 nitrogen and oxygen atoms in total. The molecule has 0 saturated carbocycles. The molecular formula is C9H14N4. The van der Waals surface area contributed by atoms with E-state index >= 15 is 0 Å². The fourth-order valence-electron chi connectivity index (χ4n) is 1.73. The SMILES string of the molecule is Nc1nccc(C2CCNCC2)n1. The molecule has 4 heteroatoms. The molecule has 1 saturated heterocycles. The second-order valence-corrected chi connectivity index (χ2v) is 3.36. The average molecular weight is 178 g/mol. The minimum atomic E-state index is 0.385. The van der Waals surface area contributed by atoms with E-state index in [0.717, 1.165) is 31.6 Å². The van der Waals surface area contributed by atoms with Gasteiger partial charge in [0.25, 0.3) is 0 Å². The van der Waals surface area contributed by atoms with Crippen LogP contribution in [0.3, 0.4) is 0 Å². The Hall–Kier alpha value is -1.16. The third-order valence-electron chi connectivity index (χ3n) is 2.45. The number of aromatic nitrogens is 2. The van der Waals surface area contributed by atoms with Gasteiger partial charge in [0.05, 0.1) is 0 Å². The largest absolute Gasteiger partial charge is 0.368 e. The highest BCUT2D eigenvalue weighted by atomic mass is 15.0. The van der Waals surface area contributed by atoms with Crippen LogP contribution in [0, 0.1) is 0 Å². The van der Waals surface area contributed by atoms with Crippen molar-refractivity contribution in [2.45, 2.75) is 18.8 Å². The van der Waals surface area contributed by atoms with Crippen molar-refractivity contribution in [2.75, 3.05) is 18.8 Å². The summed E-state index contributed by atoms with van der Waals surface area (Å²) in [5.74, 6) is 0.947. The standard InChI is InChI=1S/C9H14N4/c10-9-12-6-3-8(13-9)7-1-4-11-5-2-7/h3,6-7,11H,1-2,4-5H2,(H2,10,12,13). The molecule has 1 fully saturated rings. The number of anilines is 1. The summed E-state index contributed by atoms with van der Waals surface area (Å²) in [6.07, 6.45) is 4.03. The van der Waals surface area contributed by atoms with Crippen LogP contribution in [0.15, 0.2) is 12.3 Å². The van der Waals surface area contributed by atoms with Gasteiger partial charge in [0, 0.05) is 17.8 Å². The summed E-state index contributed by atoms with van der Waals surface area (Å²) < 4.78 is 0. The normalized spacial score (nSPS) is 18.8. The Morgan fingerprint density at radius 1 is 1.38 bits per heavy atom. The van der Waals surface area contributed by atoms with Crippen molar-refractivity contribution < 1.29 is 0 Å². The molecule has 0 amide bonds. The van der Waals surface area contributed by atoms with Crippen LogP contribution < -0.4 is 11.1 Å². The second-order valence-electron chi connectivity index (χ2n) is 3.36. The first-order valence-corrected chi connectivity index (χ1v) is 4.65.